The molecule has 0 spiro atoms. The fourth-order valence-electron chi connectivity index (χ4n) is 3.63. The number of aromatic nitrogens is 1. The van der Waals surface area contributed by atoms with E-state index in [0.717, 1.165) is 10.0 Å². The van der Waals surface area contributed by atoms with Crippen LogP contribution < -0.4 is 10.3 Å². The largest absolute Gasteiger partial charge is 0.450 e. The highest BCUT2D eigenvalue weighted by molar-refractivity contribution is 9.10. The van der Waals surface area contributed by atoms with Gasteiger partial charge in [0.25, 0.3) is 5.91 Å². The summed E-state index contributed by atoms with van der Waals surface area (Å²) in [5.41, 5.74) is 1.25. The fourth-order valence-corrected chi connectivity index (χ4v) is 4.00. The highest BCUT2D eigenvalue weighted by Gasteiger charge is 2.44. The van der Waals surface area contributed by atoms with Gasteiger partial charge in [0.1, 0.15) is 11.4 Å². The van der Waals surface area contributed by atoms with Crippen molar-refractivity contribution < 1.29 is 9.21 Å². The first-order chi connectivity index (χ1) is 14.0. The van der Waals surface area contributed by atoms with Gasteiger partial charge in [-0.3, -0.25) is 14.5 Å². The molecule has 29 heavy (non-hydrogen) atoms. The van der Waals surface area contributed by atoms with Crippen LogP contribution in [0.25, 0.3) is 11.0 Å². The number of fused-ring (bicyclic) bond motifs is 2. The maximum absolute atomic E-state index is 13.4. The van der Waals surface area contributed by atoms with Gasteiger partial charge in [-0.15, -0.1) is 0 Å². The Morgan fingerprint density at radius 1 is 1.00 bits per heavy atom. The Kier molecular flexibility index (Phi) is 4.26. The van der Waals surface area contributed by atoms with Crippen LogP contribution in [0.15, 0.2) is 80.5 Å². The topological polar surface area (TPSA) is 63.4 Å². The summed E-state index contributed by atoms with van der Waals surface area (Å²) in [6, 6.07) is 17.1. The van der Waals surface area contributed by atoms with Gasteiger partial charge in [-0.05, 0) is 42.0 Å². The minimum absolute atomic E-state index is 0.0402. The minimum Gasteiger partial charge on any atom is -0.450 e. The zero-order valence-corrected chi connectivity index (χ0v) is 17.1. The lowest BCUT2D eigenvalue weighted by atomic mass is 9.98. The van der Waals surface area contributed by atoms with Crippen molar-refractivity contribution in [3.8, 4) is 0 Å². The lowest BCUT2D eigenvalue weighted by molar-refractivity contribution is 0.0970. The first-order valence-electron chi connectivity index (χ1n) is 8.81. The molecule has 1 amide bonds. The quantitative estimate of drug-likeness (QED) is 0.398. The molecule has 4 aromatic rings. The van der Waals surface area contributed by atoms with Gasteiger partial charge < -0.3 is 4.42 Å². The number of carbonyl (C=O) groups excluding carboxylic acids is 1. The molecule has 2 aromatic heterocycles. The van der Waals surface area contributed by atoms with Gasteiger partial charge in [-0.1, -0.05) is 51.8 Å². The maximum atomic E-state index is 13.4. The SMILES string of the molecule is O=C1c2oc3ccccc3c(=O)c2[C@@H](c2ccc(Br)cc2)N1c1ccc(Cl)cn1. The average Bonchev–Trinajstić information content (AvgIpc) is 3.02. The molecule has 0 aliphatic carbocycles. The Morgan fingerprint density at radius 2 is 1.76 bits per heavy atom. The normalized spacial score (nSPS) is 15.7. The van der Waals surface area contributed by atoms with E-state index in [9.17, 15) is 9.59 Å². The van der Waals surface area contributed by atoms with Gasteiger partial charge in [-0.2, -0.15) is 0 Å². The third-order valence-electron chi connectivity index (χ3n) is 4.92. The molecule has 0 N–H and O–H groups in total. The summed E-state index contributed by atoms with van der Waals surface area (Å²) in [6.07, 6.45) is 1.47. The van der Waals surface area contributed by atoms with Crippen LogP contribution in [-0.2, 0) is 0 Å². The molecule has 7 heteroatoms. The van der Waals surface area contributed by atoms with Crippen molar-refractivity contribution in [2.24, 2.45) is 0 Å². The number of pyridine rings is 1. The Bertz CT molecular complexity index is 1320. The summed E-state index contributed by atoms with van der Waals surface area (Å²) in [4.78, 5) is 32.5. The third-order valence-corrected chi connectivity index (χ3v) is 5.67. The monoisotopic (exact) mass is 466 g/mol. The Hall–Kier alpha value is -2.96. The van der Waals surface area contributed by atoms with Crippen LogP contribution in [0.3, 0.4) is 0 Å². The molecule has 0 unspecified atom stereocenters. The van der Waals surface area contributed by atoms with Crippen molar-refractivity contribution in [1.82, 2.24) is 4.98 Å². The molecule has 1 aliphatic rings. The van der Waals surface area contributed by atoms with Gasteiger partial charge in [-0.25, -0.2) is 4.98 Å². The molecule has 3 heterocycles. The number of para-hydroxylation sites is 1. The second kappa shape index (κ2) is 6.83. The Morgan fingerprint density at radius 3 is 2.48 bits per heavy atom. The number of benzene rings is 2. The van der Waals surface area contributed by atoms with Crippen molar-refractivity contribution in [2.45, 2.75) is 6.04 Å². The van der Waals surface area contributed by atoms with E-state index in [4.69, 9.17) is 16.0 Å². The zero-order valence-electron chi connectivity index (χ0n) is 14.8. The van der Waals surface area contributed by atoms with Gasteiger partial charge in [0, 0.05) is 10.7 Å². The number of anilines is 1. The third kappa shape index (κ3) is 2.87. The number of carbonyl (C=O) groups is 1. The van der Waals surface area contributed by atoms with Gasteiger partial charge in [0.2, 0.25) is 5.76 Å². The van der Waals surface area contributed by atoms with Gasteiger partial charge in [0.15, 0.2) is 5.43 Å². The molecule has 0 fully saturated rings. The smallest absolute Gasteiger partial charge is 0.296 e. The van der Waals surface area contributed by atoms with E-state index in [1.165, 1.54) is 11.1 Å². The minimum atomic E-state index is -0.653. The summed E-state index contributed by atoms with van der Waals surface area (Å²) >= 11 is 9.40. The second-order valence-electron chi connectivity index (χ2n) is 6.63. The van der Waals surface area contributed by atoms with Gasteiger partial charge in [0.05, 0.1) is 22.0 Å². The summed E-state index contributed by atoms with van der Waals surface area (Å²) < 4.78 is 6.79. The van der Waals surface area contributed by atoms with Gasteiger partial charge >= 0.3 is 0 Å². The van der Waals surface area contributed by atoms with E-state index < -0.39 is 11.9 Å². The summed E-state index contributed by atoms with van der Waals surface area (Å²) in [5.74, 6) is 0.0196. The first-order valence-corrected chi connectivity index (χ1v) is 9.98. The number of halogens is 2. The molecule has 0 saturated heterocycles. The molecule has 2 aromatic carbocycles. The Balaban J connectivity index is 1.81. The first kappa shape index (κ1) is 18.1. The standard InChI is InChI=1S/C22H12BrClN2O3/c23-13-7-5-12(6-8-13)19-18-20(27)15-3-1-2-4-16(15)29-21(18)22(28)26(19)17-10-9-14(24)11-25-17/h1-11,19H/t19-/m1/s1. The van der Waals surface area contributed by atoms with E-state index >= 15 is 0 Å². The lowest BCUT2D eigenvalue weighted by Gasteiger charge is -2.24. The van der Waals surface area contributed by atoms with Crippen LogP contribution in [0.1, 0.15) is 27.7 Å². The predicted molar refractivity (Wildman–Crippen MR) is 115 cm³/mol. The highest BCUT2D eigenvalue weighted by atomic mass is 79.9. The van der Waals surface area contributed by atoms with Crippen LogP contribution in [-0.4, -0.2) is 10.9 Å². The Labute approximate surface area is 178 Å². The molecule has 0 radical (unpaired) electrons. The zero-order chi connectivity index (χ0) is 20.1. The number of hydrogen-bond acceptors (Lipinski definition) is 4. The molecular weight excluding hydrogens is 456 g/mol. The number of amides is 1. The van der Waals surface area contributed by atoms with E-state index in [2.05, 4.69) is 20.9 Å². The van der Waals surface area contributed by atoms with Crippen molar-refractivity contribution in [1.29, 1.82) is 0 Å². The number of nitrogens with zero attached hydrogens (tertiary/aromatic N) is 2. The van der Waals surface area contributed by atoms with Crippen LogP contribution in [0, 0.1) is 0 Å². The highest BCUT2D eigenvalue weighted by Crippen LogP contribution is 2.40. The summed E-state index contributed by atoms with van der Waals surface area (Å²) in [7, 11) is 0. The van der Waals surface area contributed by atoms with Crippen LogP contribution >= 0.6 is 27.5 Å². The van der Waals surface area contributed by atoms with Crippen molar-refractivity contribution in [3.05, 3.63) is 103 Å². The van der Waals surface area contributed by atoms with E-state index in [1.54, 1.807) is 36.4 Å². The van der Waals surface area contributed by atoms with Crippen LogP contribution in [0.5, 0.6) is 0 Å². The molecule has 142 valence electrons. The molecule has 5 rings (SSSR count). The van der Waals surface area contributed by atoms with Crippen molar-refractivity contribution in [3.63, 3.8) is 0 Å². The average molecular weight is 468 g/mol. The van der Waals surface area contributed by atoms with Crippen LogP contribution in [0.2, 0.25) is 5.02 Å². The summed E-state index contributed by atoms with van der Waals surface area (Å²) in [6.45, 7) is 0. The molecule has 1 atom stereocenters. The lowest BCUT2D eigenvalue weighted by Crippen LogP contribution is -2.30. The van der Waals surface area contributed by atoms with Crippen LogP contribution in [0.4, 0.5) is 5.82 Å². The molecular formula is C22H12BrClN2O3. The van der Waals surface area contributed by atoms with Crippen molar-refractivity contribution in [2.75, 3.05) is 4.90 Å². The van der Waals surface area contributed by atoms with E-state index in [-0.39, 0.29) is 11.2 Å². The van der Waals surface area contributed by atoms with Crippen molar-refractivity contribution >= 4 is 50.2 Å². The molecule has 1 aliphatic heterocycles. The van der Waals surface area contributed by atoms with E-state index in [1.807, 2.05) is 24.3 Å². The molecule has 0 bridgehead atoms. The maximum Gasteiger partial charge on any atom is 0.296 e. The number of hydrogen-bond donors (Lipinski definition) is 0. The summed E-state index contributed by atoms with van der Waals surface area (Å²) in [5, 5.41) is 0.894. The molecule has 5 nitrogen and oxygen atoms in total. The van der Waals surface area contributed by atoms with E-state index in [0.29, 0.717) is 27.4 Å². The fraction of sp³-hybridized carbons (Fsp3) is 0.0455. The predicted octanol–water partition coefficient (Wildman–Crippen LogP) is 5.35. The second-order valence-corrected chi connectivity index (χ2v) is 7.99. The molecule has 0 saturated carbocycles. The number of rotatable bonds is 2.